The summed E-state index contributed by atoms with van der Waals surface area (Å²) in [4.78, 5) is 30.5. The van der Waals surface area contributed by atoms with Gasteiger partial charge >= 0.3 is 0 Å². The van der Waals surface area contributed by atoms with Crippen molar-refractivity contribution in [2.75, 3.05) is 23.7 Å². The Hall–Kier alpha value is -3.52. The molecule has 4 rings (SSSR count). The number of amides is 2. The van der Waals surface area contributed by atoms with Gasteiger partial charge in [-0.1, -0.05) is 35.0 Å². The third kappa shape index (κ3) is 5.59. The minimum Gasteiger partial charge on any atom is -0.338 e. The molecular weight excluding hydrogens is 406 g/mol. The second-order valence-electron chi connectivity index (χ2n) is 8.18. The Kier molecular flexibility index (Phi) is 6.61. The smallest absolute Gasteiger partial charge is 0.241 e. The van der Waals surface area contributed by atoms with Gasteiger partial charge < -0.3 is 15.2 Å². The number of carbonyl (C=O) groups is 2. The SMILES string of the molecule is CC(=O)Nc1ccc(NC(=O)C2CCN(Cc3nc(-c4ccc(C)cc4)no3)CC2)cc1. The lowest BCUT2D eigenvalue weighted by atomic mass is 9.96. The van der Waals surface area contributed by atoms with Gasteiger partial charge in [0.1, 0.15) is 0 Å². The molecule has 2 amide bonds. The maximum Gasteiger partial charge on any atom is 0.241 e. The molecule has 0 radical (unpaired) electrons. The van der Waals surface area contributed by atoms with Crippen molar-refractivity contribution in [3.8, 4) is 11.4 Å². The number of hydrogen-bond donors (Lipinski definition) is 2. The predicted molar refractivity (Wildman–Crippen MR) is 122 cm³/mol. The Bertz CT molecular complexity index is 1070. The average Bonchev–Trinajstić information content (AvgIpc) is 3.24. The molecule has 2 aromatic carbocycles. The van der Waals surface area contributed by atoms with Crippen LogP contribution in [0.25, 0.3) is 11.4 Å². The van der Waals surface area contributed by atoms with Crippen molar-refractivity contribution in [3.63, 3.8) is 0 Å². The first-order chi connectivity index (χ1) is 15.5. The van der Waals surface area contributed by atoms with Crippen LogP contribution in [-0.2, 0) is 16.1 Å². The van der Waals surface area contributed by atoms with Gasteiger partial charge in [-0.2, -0.15) is 4.98 Å². The fraction of sp³-hybridized carbons (Fsp3) is 0.333. The van der Waals surface area contributed by atoms with Crippen LogP contribution in [0.1, 0.15) is 31.2 Å². The molecule has 1 aromatic heterocycles. The van der Waals surface area contributed by atoms with E-state index >= 15 is 0 Å². The topological polar surface area (TPSA) is 100 Å². The van der Waals surface area contributed by atoms with Gasteiger partial charge in [-0.3, -0.25) is 14.5 Å². The summed E-state index contributed by atoms with van der Waals surface area (Å²) < 4.78 is 5.43. The highest BCUT2D eigenvalue weighted by atomic mass is 16.5. The third-order valence-corrected chi connectivity index (χ3v) is 5.57. The van der Waals surface area contributed by atoms with Gasteiger partial charge in [0.2, 0.25) is 23.5 Å². The van der Waals surface area contributed by atoms with Crippen molar-refractivity contribution in [1.82, 2.24) is 15.0 Å². The van der Waals surface area contributed by atoms with E-state index in [0.717, 1.165) is 37.2 Å². The van der Waals surface area contributed by atoms with E-state index in [1.165, 1.54) is 12.5 Å². The summed E-state index contributed by atoms with van der Waals surface area (Å²) in [5.74, 6) is 1.05. The number of aryl methyl sites for hydroxylation is 1. The van der Waals surface area contributed by atoms with Gasteiger partial charge in [0.25, 0.3) is 0 Å². The van der Waals surface area contributed by atoms with Crippen molar-refractivity contribution in [3.05, 3.63) is 60.0 Å². The van der Waals surface area contributed by atoms with E-state index in [0.29, 0.717) is 23.9 Å². The first-order valence-corrected chi connectivity index (χ1v) is 10.8. The van der Waals surface area contributed by atoms with E-state index in [1.54, 1.807) is 24.3 Å². The lowest BCUT2D eigenvalue weighted by molar-refractivity contribution is -0.121. The van der Waals surface area contributed by atoms with Crippen molar-refractivity contribution < 1.29 is 14.1 Å². The molecular formula is C24H27N5O3. The van der Waals surface area contributed by atoms with Crippen LogP contribution in [0.2, 0.25) is 0 Å². The number of nitrogens with one attached hydrogen (secondary N) is 2. The van der Waals surface area contributed by atoms with Crippen LogP contribution >= 0.6 is 0 Å². The van der Waals surface area contributed by atoms with E-state index in [1.807, 2.05) is 31.2 Å². The molecule has 0 unspecified atom stereocenters. The highest BCUT2D eigenvalue weighted by molar-refractivity contribution is 5.93. The van der Waals surface area contributed by atoms with Crippen molar-refractivity contribution >= 4 is 23.2 Å². The van der Waals surface area contributed by atoms with Crippen LogP contribution in [-0.4, -0.2) is 39.9 Å². The zero-order chi connectivity index (χ0) is 22.5. The molecule has 0 spiro atoms. The number of rotatable bonds is 6. The molecule has 1 aliphatic rings. The van der Waals surface area contributed by atoms with Crippen LogP contribution in [0.4, 0.5) is 11.4 Å². The van der Waals surface area contributed by atoms with Gasteiger partial charge in [-0.15, -0.1) is 0 Å². The highest BCUT2D eigenvalue weighted by Gasteiger charge is 2.26. The Morgan fingerprint density at radius 2 is 1.62 bits per heavy atom. The summed E-state index contributed by atoms with van der Waals surface area (Å²) in [6, 6.07) is 15.2. The zero-order valence-electron chi connectivity index (χ0n) is 18.3. The number of piperidine rings is 1. The quantitative estimate of drug-likeness (QED) is 0.612. The van der Waals surface area contributed by atoms with Crippen molar-refractivity contribution in [1.29, 1.82) is 0 Å². The molecule has 3 aromatic rings. The van der Waals surface area contributed by atoms with Crippen molar-refractivity contribution in [2.24, 2.45) is 5.92 Å². The second-order valence-corrected chi connectivity index (χ2v) is 8.18. The number of aromatic nitrogens is 2. The van der Waals surface area contributed by atoms with E-state index in [-0.39, 0.29) is 17.7 Å². The molecule has 1 aliphatic heterocycles. The Morgan fingerprint density at radius 3 is 2.25 bits per heavy atom. The molecule has 32 heavy (non-hydrogen) atoms. The summed E-state index contributed by atoms with van der Waals surface area (Å²) >= 11 is 0. The number of nitrogens with zero attached hydrogens (tertiary/aromatic N) is 3. The molecule has 2 N–H and O–H groups in total. The van der Waals surface area contributed by atoms with Crippen LogP contribution in [0.15, 0.2) is 53.1 Å². The van der Waals surface area contributed by atoms with Crippen LogP contribution in [0.5, 0.6) is 0 Å². The average molecular weight is 434 g/mol. The standard InChI is InChI=1S/C24H27N5O3/c1-16-3-5-18(6-4-16)23-27-22(32-28-23)15-29-13-11-19(12-14-29)24(31)26-21-9-7-20(8-10-21)25-17(2)30/h3-10,19H,11-15H2,1-2H3,(H,25,30)(H,26,31). The highest BCUT2D eigenvalue weighted by Crippen LogP contribution is 2.22. The number of hydrogen-bond acceptors (Lipinski definition) is 6. The largest absolute Gasteiger partial charge is 0.338 e. The fourth-order valence-electron chi connectivity index (χ4n) is 3.77. The minimum absolute atomic E-state index is 0.0244. The van der Waals surface area contributed by atoms with Crippen LogP contribution in [0.3, 0.4) is 0 Å². The molecule has 1 fully saturated rings. The molecule has 1 saturated heterocycles. The van der Waals surface area contributed by atoms with E-state index in [9.17, 15) is 9.59 Å². The van der Waals surface area contributed by atoms with Gasteiger partial charge in [0.05, 0.1) is 6.54 Å². The predicted octanol–water partition coefficient (Wildman–Crippen LogP) is 3.85. The normalized spacial score (nSPS) is 14.8. The summed E-state index contributed by atoms with van der Waals surface area (Å²) in [5, 5.41) is 9.78. The summed E-state index contributed by atoms with van der Waals surface area (Å²) in [6.45, 7) is 5.67. The molecule has 0 bridgehead atoms. The van der Waals surface area contributed by atoms with Crippen LogP contribution in [0, 0.1) is 12.8 Å². The molecule has 0 saturated carbocycles. The summed E-state index contributed by atoms with van der Waals surface area (Å²) in [5.41, 5.74) is 3.55. The molecule has 8 heteroatoms. The van der Waals surface area contributed by atoms with Crippen LogP contribution < -0.4 is 10.6 Å². The molecule has 166 valence electrons. The fourth-order valence-corrected chi connectivity index (χ4v) is 3.77. The maximum absolute atomic E-state index is 12.6. The zero-order valence-corrected chi connectivity index (χ0v) is 18.3. The first-order valence-electron chi connectivity index (χ1n) is 10.8. The summed E-state index contributed by atoms with van der Waals surface area (Å²) in [6.07, 6.45) is 1.55. The summed E-state index contributed by atoms with van der Waals surface area (Å²) in [7, 11) is 0. The monoisotopic (exact) mass is 433 g/mol. The molecule has 0 atom stereocenters. The van der Waals surface area contributed by atoms with E-state index < -0.39 is 0 Å². The number of carbonyl (C=O) groups excluding carboxylic acids is 2. The van der Waals surface area contributed by atoms with E-state index in [4.69, 9.17) is 4.52 Å². The first kappa shape index (κ1) is 21.7. The van der Waals surface area contributed by atoms with E-state index in [2.05, 4.69) is 25.7 Å². The van der Waals surface area contributed by atoms with Gasteiger partial charge in [-0.25, -0.2) is 0 Å². The molecule has 2 heterocycles. The maximum atomic E-state index is 12.6. The Balaban J connectivity index is 1.25. The number of anilines is 2. The lowest BCUT2D eigenvalue weighted by Crippen LogP contribution is -2.37. The van der Waals surface area contributed by atoms with Gasteiger partial charge in [-0.05, 0) is 57.1 Å². The number of likely N-dealkylation sites (tertiary alicyclic amines) is 1. The third-order valence-electron chi connectivity index (χ3n) is 5.57. The lowest BCUT2D eigenvalue weighted by Gasteiger charge is -2.30. The van der Waals surface area contributed by atoms with Gasteiger partial charge in [0, 0.05) is 29.8 Å². The van der Waals surface area contributed by atoms with Crippen molar-refractivity contribution in [2.45, 2.75) is 33.2 Å². The Morgan fingerprint density at radius 1 is 1.00 bits per heavy atom. The van der Waals surface area contributed by atoms with Gasteiger partial charge in [0.15, 0.2) is 0 Å². The number of benzene rings is 2. The molecule has 8 nitrogen and oxygen atoms in total. The second kappa shape index (κ2) is 9.74. The minimum atomic E-state index is -0.125. The Labute approximate surface area is 187 Å². The molecule has 0 aliphatic carbocycles.